The molecule has 4 atom stereocenters. The van der Waals surface area contributed by atoms with Gasteiger partial charge in [0.25, 0.3) is 5.91 Å². The molecule has 5 rings (SSSR count). The van der Waals surface area contributed by atoms with Gasteiger partial charge < -0.3 is 24.2 Å². The van der Waals surface area contributed by atoms with Crippen LogP contribution in [0.2, 0.25) is 0 Å². The first-order chi connectivity index (χ1) is 20.2. The van der Waals surface area contributed by atoms with Crippen molar-refractivity contribution in [2.75, 3.05) is 26.7 Å². The summed E-state index contributed by atoms with van der Waals surface area (Å²) < 4.78 is 8.62. The van der Waals surface area contributed by atoms with E-state index in [1.54, 1.807) is 9.80 Å². The lowest BCUT2D eigenvalue weighted by molar-refractivity contribution is -0.134. The van der Waals surface area contributed by atoms with Crippen molar-refractivity contribution in [2.45, 2.75) is 45.4 Å². The summed E-state index contributed by atoms with van der Waals surface area (Å²) in [5.74, 6) is -0.518. The Labute approximate surface area is 248 Å². The van der Waals surface area contributed by atoms with Crippen LogP contribution in [0.25, 0.3) is 22.0 Å². The highest BCUT2D eigenvalue weighted by atomic mass is 16.5. The van der Waals surface area contributed by atoms with Crippen molar-refractivity contribution < 1.29 is 19.4 Å². The predicted molar refractivity (Wildman–Crippen MR) is 166 cm³/mol. The quantitative estimate of drug-likeness (QED) is 0.336. The third-order valence-electron chi connectivity index (χ3n) is 8.73. The fourth-order valence-electron chi connectivity index (χ4n) is 6.10. The van der Waals surface area contributed by atoms with Crippen molar-refractivity contribution in [3.05, 3.63) is 95.7 Å². The number of aliphatic hydroxyl groups is 1. The minimum Gasteiger partial charge on any atom is -0.394 e. The Kier molecular flexibility index (Phi) is 8.80. The Morgan fingerprint density at radius 3 is 2.43 bits per heavy atom. The zero-order valence-electron chi connectivity index (χ0n) is 25.2. The summed E-state index contributed by atoms with van der Waals surface area (Å²) in [5.41, 5.74) is 5.35. The number of nitrogens with zero attached hydrogens (tertiary/aromatic N) is 3. The van der Waals surface area contributed by atoms with Crippen molar-refractivity contribution in [1.82, 2.24) is 14.4 Å². The van der Waals surface area contributed by atoms with Gasteiger partial charge in [-0.15, -0.1) is 0 Å². The molecule has 7 heteroatoms. The van der Waals surface area contributed by atoms with Gasteiger partial charge >= 0.3 is 0 Å². The van der Waals surface area contributed by atoms with Crippen LogP contribution in [-0.2, 0) is 23.2 Å². The zero-order valence-corrected chi connectivity index (χ0v) is 25.2. The minimum absolute atomic E-state index is 0.0160. The summed E-state index contributed by atoms with van der Waals surface area (Å²) in [5, 5.41) is 11.2. The lowest BCUT2D eigenvalue weighted by atomic mass is 9.96. The van der Waals surface area contributed by atoms with E-state index in [9.17, 15) is 14.7 Å². The Balaban J connectivity index is 1.55. The van der Waals surface area contributed by atoms with Crippen molar-refractivity contribution >= 4 is 22.7 Å². The number of aromatic nitrogens is 1. The van der Waals surface area contributed by atoms with Gasteiger partial charge in [-0.2, -0.15) is 0 Å². The fourth-order valence-corrected chi connectivity index (χ4v) is 6.10. The first-order valence-corrected chi connectivity index (χ1v) is 14.7. The molecule has 2 heterocycles. The number of carbonyl (C=O) groups is 2. The van der Waals surface area contributed by atoms with Gasteiger partial charge in [0.05, 0.1) is 31.3 Å². The maximum atomic E-state index is 14.5. The molecule has 0 radical (unpaired) electrons. The number of amides is 2. The summed E-state index contributed by atoms with van der Waals surface area (Å²) in [6, 6.07) is 25.5. The molecule has 1 aliphatic heterocycles. The topological polar surface area (TPSA) is 75.0 Å². The van der Waals surface area contributed by atoms with Crippen molar-refractivity contribution in [1.29, 1.82) is 0 Å². The largest absolute Gasteiger partial charge is 0.394 e. The van der Waals surface area contributed by atoms with E-state index < -0.39 is 6.04 Å². The minimum atomic E-state index is -0.403. The monoisotopic (exact) mass is 567 g/mol. The van der Waals surface area contributed by atoms with E-state index in [2.05, 4.69) is 13.0 Å². The third-order valence-corrected chi connectivity index (χ3v) is 8.73. The first kappa shape index (κ1) is 29.5. The fraction of sp³-hybridized carbons (Fsp3) is 0.371. The van der Waals surface area contributed by atoms with Gasteiger partial charge in [-0.1, -0.05) is 79.7 Å². The second kappa shape index (κ2) is 12.5. The number of likely N-dealkylation sites (N-methyl/N-ethyl adjacent to an activating group) is 1. The molecular formula is C35H41N3O4. The van der Waals surface area contributed by atoms with Crippen LogP contribution in [0.15, 0.2) is 78.9 Å². The van der Waals surface area contributed by atoms with Gasteiger partial charge in [-0.05, 0) is 36.6 Å². The van der Waals surface area contributed by atoms with Gasteiger partial charge in [0.1, 0.15) is 5.69 Å². The molecule has 0 saturated heterocycles. The van der Waals surface area contributed by atoms with Crippen LogP contribution < -0.4 is 0 Å². The lowest BCUT2D eigenvalue weighted by Gasteiger charge is -2.35. The molecule has 1 N–H and O–H groups in total. The van der Waals surface area contributed by atoms with E-state index in [-0.39, 0.29) is 36.4 Å². The molecule has 3 aromatic carbocycles. The van der Waals surface area contributed by atoms with Crippen LogP contribution in [-0.4, -0.2) is 70.2 Å². The Morgan fingerprint density at radius 2 is 1.69 bits per heavy atom. The highest BCUT2D eigenvalue weighted by molar-refractivity contribution is 6.10. The van der Waals surface area contributed by atoms with E-state index in [4.69, 9.17) is 4.74 Å². The van der Waals surface area contributed by atoms with Crippen LogP contribution in [0.4, 0.5) is 0 Å². The average Bonchev–Trinajstić information content (AvgIpc) is 3.31. The number of para-hydroxylation sites is 1. The molecule has 7 nitrogen and oxygen atoms in total. The summed E-state index contributed by atoms with van der Waals surface area (Å²) in [6.07, 6.45) is -0.339. The van der Waals surface area contributed by atoms with Crippen molar-refractivity contribution in [3.8, 4) is 11.1 Å². The van der Waals surface area contributed by atoms with Crippen LogP contribution in [0.5, 0.6) is 0 Å². The van der Waals surface area contributed by atoms with Crippen LogP contribution in [0.3, 0.4) is 0 Å². The molecule has 0 fully saturated rings. The predicted octanol–water partition coefficient (Wildman–Crippen LogP) is 5.47. The molecule has 0 spiro atoms. The maximum Gasteiger partial charge on any atom is 0.271 e. The molecule has 2 amide bonds. The van der Waals surface area contributed by atoms with E-state index in [0.29, 0.717) is 25.4 Å². The van der Waals surface area contributed by atoms with Crippen LogP contribution in [0.1, 0.15) is 48.3 Å². The van der Waals surface area contributed by atoms with Gasteiger partial charge in [-0.25, -0.2) is 0 Å². The molecular weight excluding hydrogens is 526 g/mol. The average molecular weight is 568 g/mol. The van der Waals surface area contributed by atoms with Gasteiger partial charge in [-0.3, -0.25) is 9.59 Å². The first-order valence-electron chi connectivity index (χ1n) is 14.7. The van der Waals surface area contributed by atoms with E-state index in [1.165, 1.54) is 0 Å². The number of ether oxygens (including phenoxy) is 1. The molecule has 4 aromatic rings. The highest BCUT2D eigenvalue weighted by Crippen LogP contribution is 2.38. The highest BCUT2D eigenvalue weighted by Gasteiger charge is 2.34. The van der Waals surface area contributed by atoms with Gasteiger partial charge in [0.2, 0.25) is 5.91 Å². The number of rotatable bonds is 6. The normalized spacial score (nSPS) is 19.0. The molecule has 0 saturated carbocycles. The number of carbonyl (C=O) groups excluding carboxylic acids is 2. The lowest BCUT2D eigenvalue weighted by Crippen LogP contribution is -2.48. The molecule has 1 aromatic heterocycles. The number of aryl methyl sites for hydroxylation is 1. The van der Waals surface area contributed by atoms with E-state index in [1.807, 2.05) is 105 Å². The molecule has 1 aliphatic rings. The third kappa shape index (κ3) is 5.59. The summed E-state index contributed by atoms with van der Waals surface area (Å²) in [6.45, 7) is 6.79. The summed E-state index contributed by atoms with van der Waals surface area (Å²) >= 11 is 0. The summed E-state index contributed by atoms with van der Waals surface area (Å²) in [7, 11) is 3.75. The second-order valence-electron chi connectivity index (χ2n) is 11.6. The standard InChI is InChI=1S/C35H41N3O4/c1-23-19-38(24(2)21-39)35(41)33-32(29-17-11-12-18-30(29)37(33)5)28-16-10-9-15-27(28)22-42-31(23)20-36(4)34(40)25(3)26-13-7-6-8-14-26/h6-18,23-25,31,39H,19-22H2,1-5H3/t23-,24+,25+,31-/m1/s1. The van der Waals surface area contributed by atoms with Crippen molar-refractivity contribution in [2.24, 2.45) is 13.0 Å². The molecule has 0 aliphatic carbocycles. The zero-order chi connectivity index (χ0) is 30.0. The molecule has 0 unspecified atom stereocenters. The maximum absolute atomic E-state index is 14.5. The number of fused-ring (bicyclic) bond motifs is 5. The Hall–Kier alpha value is -3.94. The summed E-state index contributed by atoms with van der Waals surface area (Å²) in [4.78, 5) is 31.5. The van der Waals surface area contributed by atoms with Crippen LogP contribution >= 0.6 is 0 Å². The Morgan fingerprint density at radius 1 is 1.02 bits per heavy atom. The smallest absolute Gasteiger partial charge is 0.271 e. The SMILES string of the molecule is C[C@H](C(=O)N(C)C[C@H]1OCc2ccccc2-c2c(n(C)c3ccccc23)C(=O)N([C@@H](C)CO)C[C@H]1C)c1ccccc1. The number of benzene rings is 3. The Bertz CT molecular complexity index is 1560. The van der Waals surface area contributed by atoms with E-state index in [0.717, 1.165) is 33.2 Å². The van der Waals surface area contributed by atoms with Crippen LogP contribution in [0, 0.1) is 5.92 Å². The molecule has 220 valence electrons. The molecule has 42 heavy (non-hydrogen) atoms. The van der Waals surface area contributed by atoms with Gasteiger partial charge in [0, 0.05) is 49.6 Å². The number of aliphatic hydroxyl groups excluding tert-OH is 1. The van der Waals surface area contributed by atoms with Gasteiger partial charge in [0.15, 0.2) is 0 Å². The number of hydrogen-bond acceptors (Lipinski definition) is 4. The molecule has 0 bridgehead atoms. The number of hydrogen-bond donors (Lipinski definition) is 1. The van der Waals surface area contributed by atoms with Crippen molar-refractivity contribution in [3.63, 3.8) is 0 Å². The van der Waals surface area contributed by atoms with E-state index >= 15 is 0 Å². The second-order valence-corrected chi connectivity index (χ2v) is 11.6.